The summed E-state index contributed by atoms with van der Waals surface area (Å²) in [6, 6.07) is 9.50. The maximum absolute atomic E-state index is 15.3. The highest BCUT2D eigenvalue weighted by molar-refractivity contribution is 5.95. The summed E-state index contributed by atoms with van der Waals surface area (Å²) in [5.74, 6) is -0.548. The van der Waals surface area contributed by atoms with Crippen molar-refractivity contribution in [3.63, 3.8) is 0 Å². The number of benzene rings is 2. The summed E-state index contributed by atoms with van der Waals surface area (Å²) in [6.45, 7) is -1.02. The lowest BCUT2D eigenvalue weighted by molar-refractivity contribution is 0.259. The molecule has 186 valence electrons. The Balaban J connectivity index is 1.82. The van der Waals surface area contributed by atoms with Crippen LogP contribution in [0, 0.1) is 11.2 Å². The van der Waals surface area contributed by atoms with Gasteiger partial charge in [0, 0.05) is 35.3 Å². The summed E-state index contributed by atoms with van der Waals surface area (Å²) in [5, 5.41) is 15.0. The van der Waals surface area contributed by atoms with E-state index in [0.29, 0.717) is 11.3 Å². The van der Waals surface area contributed by atoms with Gasteiger partial charge in [0.25, 0.3) is 5.95 Å². The first-order chi connectivity index (χ1) is 17.4. The van der Waals surface area contributed by atoms with E-state index < -0.39 is 24.2 Å². The van der Waals surface area contributed by atoms with Crippen molar-refractivity contribution >= 4 is 11.5 Å². The molecule has 13 heteroatoms. The molecular formula is C23H22F2N8O3. The van der Waals surface area contributed by atoms with E-state index in [0.717, 1.165) is 10.7 Å². The fourth-order valence-corrected chi connectivity index (χ4v) is 3.41. The number of halogens is 2. The molecule has 0 saturated heterocycles. The molecule has 11 nitrogen and oxygen atoms in total. The Hall–Kier alpha value is -4.81. The molecule has 0 aliphatic carbocycles. The van der Waals surface area contributed by atoms with Crippen molar-refractivity contribution in [2.45, 2.75) is 6.04 Å². The van der Waals surface area contributed by atoms with E-state index in [1.54, 1.807) is 30.3 Å². The van der Waals surface area contributed by atoms with Crippen molar-refractivity contribution in [1.82, 2.24) is 24.7 Å². The summed E-state index contributed by atoms with van der Waals surface area (Å²) in [4.78, 5) is 23.3. The summed E-state index contributed by atoms with van der Waals surface area (Å²) in [6.07, 6.45) is 2.90. The van der Waals surface area contributed by atoms with Gasteiger partial charge in [-0.1, -0.05) is 0 Å². The number of nitrogens with two attached hydrogens (primary N) is 1. The van der Waals surface area contributed by atoms with Gasteiger partial charge in [0.15, 0.2) is 17.3 Å². The first-order valence-electron chi connectivity index (χ1n) is 10.6. The number of H-pyrrole nitrogens is 1. The third-order valence-electron chi connectivity index (χ3n) is 5.09. The van der Waals surface area contributed by atoms with Crippen molar-refractivity contribution in [3.05, 3.63) is 88.1 Å². The van der Waals surface area contributed by atoms with E-state index in [4.69, 9.17) is 20.6 Å². The zero-order valence-electron chi connectivity index (χ0n) is 19.0. The minimum absolute atomic E-state index is 0.0248. The minimum atomic E-state index is -1.04. The molecule has 0 fully saturated rings. The zero-order chi connectivity index (χ0) is 25.7. The van der Waals surface area contributed by atoms with E-state index in [2.05, 4.69) is 25.4 Å². The fourth-order valence-electron chi connectivity index (χ4n) is 3.41. The molecule has 0 amide bonds. The number of anilines is 1. The Morgan fingerprint density at radius 1 is 1.22 bits per heavy atom. The van der Waals surface area contributed by atoms with Gasteiger partial charge in [-0.2, -0.15) is 0 Å². The molecule has 0 aliphatic heterocycles. The van der Waals surface area contributed by atoms with Crippen LogP contribution in [-0.4, -0.2) is 51.0 Å². The number of nitrogens with zero attached hydrogens (tertiary/aromatic N) is 4. The number of aromatic nitrogens is 5. The maximum atomic E-state index is 15.3. The number of hydrogen-bond donors (Lipinski definition) is 4. The summed E-state index contributed by atoms with van der Waals surface area (Å²) >= 11 is 0. The molecule has 0 unspecified atom stereocenters. The lowest BCUT2D eigenvalue weighted by Gasteiger charge is -2.21. The van der Waals surface area contributed by atoms with Gasteiger partial charge >= 0.3 is 5.69 Å². The SMILES string of the molecule is COc1cc(F)c([C@H](Nc2ccc(C(=N)N)cc2)c2nn(-c3ncccn3)c(=O)[nH]2)cc1OCCF. The van der Waals surface area contributed by atoms with Gasteiger partial charge in [-0.15, -0.1) is 9.78 Å². The molecule has 0 spiro atoms. The Morgan fingerprint density at radius 3 is 2.58 bits per heavy atom. The fraction of sp³-hybridized carbons (Fsp3) is 0.174. The van der Waals surface area contributed by atoms with E-state index in [1.165, 1.54) is 25.6 Å². The molecular weight excluding hydrogens is 474 g/mol. The molecule has 4 aromatic rings. The van der Waals surface area contributed by atoms with Gasteiger partial charge in [0.05, 0.1) is 7.11 Å². The van der Waals surface area contributed by atoms with Crippen LogP contribution >= 0.6 is 0 Å². The van der Waals surface area contributed by atoms with Crippen molar-refractivity contribution in [3.8, 4) is 17.4 Å². The first-order valence-corrected chi connectivity index (χ1v) is 10.6. The van der Waals surface area contributed by atoms with E-state index in [-0.39, 0.29) is 41.3 Å². The van der Waals surface area contributed by atoms with Gasteiger partial charge in [0.2, 0.25) is 0 Å². The van der Waals surface area contributed by atoms with Gasteiger partial charge in [-0.3, -0.25) is 10.4 Å². The highest BCUT2D eigenvalue weighted by atomic mass is 19.1. The van der Waals surface area contributed by atoms with E-state index >= 15 is 4.39 Å². The highest BCUT2D eigenvalue weighted by Gasteiger charge is 2.26. The quantitative estimate of drug-likeness (QED) is 0.192. The van der Waals surface area contributed by atoms with Gasteiger partial charge in [-0.05, 0) is 36.4 Å². The van der Waals surface area contributed by atoms with Crippen LogP contribution in [0.2, 0.25) is 0 Å². The number of hydrogen-bond acceptors (Lipinski definition) is 8. The number of amidine groups is 1. The lowest BCUT2D eigenvalue weighted by Crippen LogP contribution is -2.18. The second-order valence-corrected chi connectivity index (χ2v) is 7.41. The molecule has 0 saturated carbocycles. The van der Waals surface area contributed by atoms with Crippen molar-refractivity contribution in [1.29, 1.82) is 5.41 Å². The molecule has 0 radical (unpaired) electrons. The van der Waals surface area contributed by atoms with Crippen LogP contribution in [0.3, 0.4) is 0 Å². The number of ether oxygens (including phenoxy) is 2. The molecule has 2 aromatic carbocycles. The normalized spacial score (nSPS) is 11.6. The van der Waals surface area contributed by atoms with E-state index in [1.807, 2.05) is 0 Å². The summed E-state index contributed by atoms with van der Waals surface area (Å²) < 4.78 is 39.6. The zero-order valence-corrected chi connectivity index (χ0v) is 19.0. The topological polar surface area (TPSA) is 157 Å². The van der Waals surface area contributed by atoms with Crippen LogP contribution < -0.4 is 26.2 Å². The van der Waals surface area contributed by atoms with Crippen LogP contribution in [-0.2, 0) is 0 Å². The standard InChI is InChI=1S/C23H22F2N8O3/c1-35-17-12-16(25)15(11-18(17)36-10-7-24)19(30-14-5-3-13(4-6-14)20(26)27)21-31-23(34)33(32-21)22-28-8-2-9-29-22/h2-6,8-9,11-12,19,30H,7,10H2,1H3,(H3,26,27)(H,31,32,34)/t19-/m0/s1. The van der Waals surface area contributed by atoms with Gasteiger partial charge < -0.3 is 20.5 Å². The third-order valence-corrected chi connectivity index (χ3v) is 5.09. The molecule has 4 rings (SSSR count). The first kappa shape index (κ1) is 24.3. The number of aromatic amines is 1. The molecule has 0 bridgehead atoms. The maximum Gasteiger partial charge on any atom is 0.350 e. The molecule has 1 atom stereocenters. The summed E-state index contributed by atoms with van der Waals surface area (Å²) in [7, 11) is 1.34. The predicted molar refractivity (Wildman–Crippen MR) is 127 cm³/mol. The van der Waals surface area contributed by atoms with Crippen molar-refractivity contribution in [2.75, 3.05) is 25.7 Å². The van der Waals surface area contributed by atoms with Crippen molar-refractivity contribution < 1.29 is 18.3 Å². The van der Waals surface area contributed by atoms with Crippen LogP contribution in [0.5, 0.6) is 11.5 Å². The minimum Gasteiger partial charge on any atom is -0.493 e. The van der Waals surface area contributed by atoms with Crippen LogP contribution in [0.15, 0.2) is 59.7 Å². The highest BCUT2D eigenvalue weighted by Crippen LogP contribution is 2.35. The average Bonchev–Trinajstić information content (AvgIpc) is 3.28. The Morgan fingerprint density at radius 2 is 1.94 bits per heavy atom. The number of nitrogen functional groups attached to an aromatic ring is 1. The number of alkyl halides is 1. The smallest absolute Gasteiger partial charge is 0.350 e. The summed E-state index contributed by atoms with van der Waals surface area (Å²) in [5.41, 5.74) is 5.92. The second-order valence-electron chi connectivity index (χ2n) is 7.41. The van der Waals surface area contributed by atoms with Gasteiger partial charge in [0.1, 0.15) is 31.0 Å². The van der Waals surface area contributed by atoms with Crippen LogP contribution in [0.1, 0.15) is 23.0 Å². The molecule has 36 heavy (non-hydrogen) atoms. The van der Waals surface area contributed by atoms with Crippen molar-refractivity contribution in [2.24, 2.45) is 5.73 Å². The number of nitrogens with one attached hydrogen (secondary N) is 3. The third kappa shape index (κ3) is 5.14. The molecule has 0 aliphatic rings. The molecule has 2 aromatic heterocycles. The predicted octanol–water partition coefficient (Wildman–Crippen LogP) is 2.33. The molecule has 2 heterocycles. The second kappa shape index (κ2) is 10.6. The largest absolute Gasteiger partial charge is 0.493 e. The number of methoxy groups -OCH3 is 1. The number of rotatable bonds is 10. The van der Waals surface area contributed by atoms with E-state index in [9.17, 15) is 9.18 Å². The Labute approximate surface area is 203 Å². The molecule has 5 N–H and O–H groups in total. The van der Waals surface area contributed by atoms with Crippen LogP contribution in [0.25, 0.3) is 5.95 Å². The van der Waals surface area contributed by atoms with Crippen LogP contribution in [0.4, 0.5) is 14.5 Å². The van der Waals surface area contributed by atoms with Gasteiger partial charge in [-0.25, -0.2) is 23.5 Å². The lowest BCUT2D eigenvalue weighted by atomic mass is 10.0. The Bertz CT molecular complexity index is 1410. The Kier molecular flexibility index (Phi) is 7.18. The average molecular weight is 496 g/mol. The monoisotopic (exact) mass is 496 g/mol.